The van der Waals surface area contributed by atoms with Crippen molar-refractivity contribution < 1.29 is 13.9 Å². The first-order chi connectivity index (χ1) is 13.1. The number of halogens is 2. The predicted octanol–water partition coefficient (Wildman–Crippen LogP) is 3.79. The van der Waals surface area contributed by atoms with Gasteiger partial charge in [0.25, 0.3) is 0 Å². The lowest BCUT2D eigenvalue weighted by Crippen LogP contribution is -2.43. The van der Waals surface area contributed by atoms with E-state index in [0.29, 0.717) is 19.8 Å². The maximum absolute atomic E-state index is 13.3. The SMILES string of the molecule is O=C(/C=C/c1ccccc1Br)NCC(c1ccc(F)cc1)N1CCOCC1. The van der Waals surface area contributed by atoms with Crippen LogP contribution in [0.4, 0.5) is 4.39 Å². The summed E-state index contributed by atoms with van der Waals surface area (Å²) in [6, 6.07) is 14.2. The Labute approximate surface area is 167 Å². The molecule has 6 heteroatoms. The van der Waals surface area contributed by atoms with Crippen LogP contribution in [-0.4, -0.2) is 43.7 Å². The van der Waals surface area contributed by atoms with Gasteiger partial charge in [-0.3, -0.25) is 9.69 Å². The molecule has 1 atom stereocenters. The molecule has 1 fully saturated rings. The fraction of sp³-hybridized carbons (Fsp3) is 0.286. The van der Waals surface area contributed by atoms with Gasteiger partial charge in [0.2, 0.25) is 5.91 Å². The van der Waals surface area contributed by atoms with Gasteiger partial charge in [-0.2, -0.15) is 0 Å². The van der Waals surface area contributed by atoms with E-state index in [0.717, 1.165) is 28.7 Å². The van der Waals surface area contributed by atoms with Crippen molar-refractivity contribution in [1.29, 1.82) is 0 Å². The molecule has 27 heavy (non-hydrogen) atoms. The number of hydrogen-bond acceptors (Lipinski definition) is 3. The molecule has 142 valence electrons. The lowest BCUT2D eigenvalue weighted by molar-refractivity contribution is -0.116. The van der Waals surface area contributed by atoms with Gasteiger partial charge in [-0.15, -0.1) is 0 Å². The number of carbonyl (C=O) groups excluding carboxylic acids is 1. The van der Waals surface area contributed by atoms with Crippen molar-refractivity contribution in [3.8, 4) is 0 Å². The number of ether oxygens (including phenoxy) is 1. The van der Waals surface area contributed by atoms with Crippen LogP contribution in [-0.2, 0) is 9.53 Å². The molecular weight excluding hydrogens is 411 g/mol. The van der Waals surface area contributed by atoms with E-state index in [4.69, 9.17) is 4.74 Å². The number of rotatable bonds is 6. The Balaban J connectivity index is 1.65. The molecule has 0 saturated carbocycles. The third kappa shape index (κ3) is 5.73. The topological polar surface area (TPSA) is 41.6 Å². The normalized spacial score (nSPS) is 16.4. The van der Waals surface area contributed by atoms with Gasteiger partial charge >= 0.3 is 0 Å². The quantitative estimate of drug-likeness (QED) is 0.705. The van der Waals surface area contributed by atoms with E-state index in [-0.39, 0.29) is 17.8 Å². The van der Waals surface area contributed by atoms with E-state index < -0.39 is 0 Å². The molecule has 2 aromatic rings. The van der Waals surface area contributed by atoms with Gasteiger partial charge in [0.1, 0.15) is 5.82 Å². The predicted molar refractivity (Wildman–Crippen MR) is 108 cm³/mol. The first-order valence-corrected chi connectivity index (χ1v) is 9.70. The highest BCUT2D eigenvalue weighted by molar-refractivity contribution is 9.10. The Hall–Kier alpha value is -2.02. The van der Waals surface area contributed by atoms with E-state index >= 15 is 0 Å². The van der Waals surface area contributed by atoms with Crippen LogP contribution in [0.15, 0.2) is 59.1 Å². The number of morpholine rings is 1. The molecule has 1 aliphatic rings. The van der Waals surface area contributed by atoms with E-state index in [1.165, 1.54) is 18.2 Å². The summed E-state index contributed by atoms with van der Waals surface area (Å²) in [7, 11) is 0. The Morgan fingerprint density at radius 1 is 1.19 bits per heavy atom. The second-order valence-electron chi connectivity index (χ2n) is 6.32. The number of benzene rings is 2. The van der Waals surface area contributed by atoms with E-state index in [1.807, 2.05) is 24.3 Å². The third-order valence-electron chi connectivity index (χ3n) is 4.53. The summed E-state index contributed by atoms with van der Waals surface area (Å²) in [4.78, 5) is 14.5. The smallest absolute Gasteiger partial charge is 0.244 e. The second kappa shape index (κ2) is 9.78. The van der Waals surface area contributed by atoms with Crippen LogP contribution >= 0.6 is 15.9 Å². The molecule has 0 spiro atoms. The minimum Gasteiger partial charge on any atom is -0.379 e. The van der Waals surface area contributed by atoms with Gasteiger partial charge in [-0.05, 0) is 35.4 Å². The Bertz CT molecular complexity index is 789. The Morgan fingerprint density at radius 2 is 1.89 bits per heavy atom. The summed E-state index contributed by atoms with van der Waals surface area (Å²) in [5, 5.41) is 2.97. The summed E-state index contributed by atoms with van der Waals surface area (Å²) in [5.41, 5.74) is 1.92. The zero-order valence-electron chi connectivity index (χ0n) is 14.9. The van der Waals surface area contributed by atoms with Crippen molar-refractivity contribution in [1.82, 2.24) is 10.2 Å². The molecule has 0 radical (unpaired) electrons. The standard InChI is InChI=1S/C21H22BrFN2O2/c22-19-4-2-1-3-16(19)7-10-21(26)24-15-20(25-11-13-27-14-12-25)17-5-8-18(23)9-6-17/h1-10,20H,11-15H2,(H,24,26)/b10-7+. The summed E-state index contributed by atoms with van der Waals surface area (Å²) >= 11 is 3.46. The van der Waals surface area contributed by atoms with Crippen LogP contribution < -0.4 is 5.32 Å². The largest absolute Gasteiger partial charge is 0.379 e. The van der Waals surface area contributed by atoms with Crippen molar-refractivity contribution in [3.63, 3.8) is 0 Å². The average Bonchev–Trinajstić information content (AvgIpc) is 2.69. The molecule has 3 rings (SSSR count). The number of nitrogens with one attached hydrogen (secondary N) is 1. The highest BCUT2D eigenvalue weighted by Crippen LogP contribution is 2.22. The maximum Gasteiger partial charge on any atom is 0.244 e. The molecular formula is C21H22BrFN2O2. The van der Waals surface area contributed by atoms with Crippen molar-refractivity contribution in [3.05, 3.63) is 76.0 Å². The summed E-state index contributed by atoms with van der Waals surface area (Å²) in [6.07, 6.45) is 3.31. The first kappa shape index (κ1) is 19.7. The van der Waals surface area contributed by atoms with Crippen LogP contribution in [0.1, 0.15) is 17.2 Å². The molecule has 1 amide bonds. The minimum absolute atomic E-state index is 0.0182. The molecule has 0 aromatic heterocycles. The van der Waals surface area contributed by atoms with Gasteiger partial charge in [-0.1, -0.05) is 46.3 Å². The molecule has 1 unspecified atom stereocenters. The van der Waals surface area contributed by atoms with Crippen molar-refractivity contribution in [2.24, 2.45) is 0 Å². The van der Waals surface area contributed by atoms with Crippen LogP contribution in [0.25, 0.3) is 6.08 Å². The summed E-state index contributed by atoms with van der Waals surface area (Å²) in [5.74, 6) is -0.425. The fourth-order valence-electron chi connectivity index (χ4n) is 3.06. The van der Waals surface area contributed by atoms with Crippen molar-refractivity contribution in [2.45, 2.75) is 6.04 Å². The fourth-order valence-corrected chi connectivity index (χ4v) is 3.48. The molecule has 1 heterocycles. The second-order valence-corrected chi connectivity index (χ2v) is 7.17. The van der Waals surface area contributed by atoms with Gasteiger partial charge in [0.15, 0.2) is 0 Å². The number of carbonyl (C=O) groups is 1. The van der Waals surface area contributed by atoms with E-state index in [2.05, 4.69) is 26.1 Å². The molecule has 1 N–H and O–H groups in total. The number of hydrogen-bond donors (Lipinski definition) is 1. The molecule has 4 nitrogen and oxygen atoms in total. The van der Waals surface area contributed by atoms with Crippen molar-refractivity contribution in [2.75, 3.05) is 32.8 Å². The van der Waals surface area contributed by atoms with E-state index in [1.54, 1.807) is 18.2 Å². The van der Waals surface area contributed by atoms with Gasteiger partial charge in [0.05, 0.1) is 19.3 Å². The molecule has 0 bridgehead atoms. The molecule has 2 aromatic carbocycles. The Kier molecular flexibility index (Phi) is 7.15. The Morgan fingerprint density at radius 3 is 2.59 bits per heavy atom. The average molecular weight is 433 g/mol. The van der Waals surface area contributed by atoms with Crippen LogP contribution in [0.2, 0.25) is 0 Å². The number of amides is 1. The number of nitrogens with zero attached hydrogens (tertiary/aromatic N) is 1. The van der Waals surface area contributed by atoms with Crippen LogP contribution in [0.5, 0.6) is 0 Å². The van der Waals surface area contributed by atoms with Gasteiger partial charge in [-0.25, -0.2) is 4.39 Å². The molecule has 1 saturated heterocycles. The van der Waals surface area contributed by atoms with Crippen LogP contribution in [0, 0.1) is 5.82 Å². The van der Waals surface area contributed by atoms with Crippen molar-refractivity contribution >= 4 is 27.9 Å². The zero-order valence-corrected chi connectivity index (χ0v) is 16.5. The lowest BCUT2D eigenvalue weighted by atomic mass is 10.0. The minimum atomic E-state index is -0.264. The molecule has 1 aliphatic heterocycles. The lowest BCUT2D eigenvalue weighted by Gasteiger charge is -2.34. The third-order valence-corrected chi connectivity index (χ3v) is 5.25. The molecule has 0 aliphatic carbocycles. The van der Waals surface area contributed by atoms with Gasteiger partial charge in [0, 0.05) is 30.2 Å². The zero-order chi connectivity index (χ0) is 19.1. The van der Waals surface area contributed by atoms with Gasteiger partial charge < -0.3 is 10.1 Å². The first-order valence-electron chi connectivity index (χ1n) is 8.91. The highest BCUT2D eigenvalue weighted by atomic mass is 79.9. The van der Waals surface area contributed by atoms with Crippen LogP contribution in [0.3, 0.4) is 0 Å². The summed E-state index contributed by atoms with van der Waals surface area (Å²) < 4.78 is 19.6. The summed E-state index contributed by atoms with van der Waals surface area (Å²) in [6.45, 7) is 3.33. The highest BCUT2D eigenvalue weighted by Gasteiger charge is 2.23. The van der Waals surface area contributed by atoms with E-state index in [9.17, 15) is 9.18 Å². The maximum atomic E-state index is 13.3. The monoisotopic (exact) mass is 432 g/mol.